The molecule has 9 heteroatoms. The van der Waals surface area contributed by atoms with Gasteiger partial charge in [0.05, 0.1) is 5.56 Å². The highest BCUT2D eigenvalue weighted by Gasteiger charge is 2.33. The fraction of sp³-hybridized carbons (Fsp3) is 0.0952. The van der Waals surface area contributed by atoms with Crippen molar-refractivity contribution < 1.29 is 35.5 Å². The zero-order valence-electron chi connectivity index (χ0n) is 15.0. The molecule has 0 spiro atoms. The molecule has 0 fully saturated rings. The van der Waals surface area contributed by atoms with Crippen LogP contribution in [0.5, 0.6) is 0 Å². The summed E-state index contributed by atoms with van der Waals surface area (Å²) in [5.41, 5.74) is -2.36. The first-order valence-electron chi connectivity index (χ1n) is 8.45. The van der Waals surface area contributed by atoms with Gasteiger partial charge in [0.25, 0.3) is 5.91 Å². The van der Waals surface area contributed by atoms with Crippen LogP contribution in [0.4, 0.5) is 36.4 Å². The number of hydrogen-bond donors (Lipinski definition) is 1. The number of benzene rings is 3. The SMILES string of the molecule is O=C(Nc1ccc(Cc2ccccc2C(F)(F)F)c(F)c1)c1c(F)cc(F)cc1F. The van der Waals surface area contributed by atoms with E-state index in [0.717, 1.165) is 18.2 Å². The van der Waals surface area contributed by atoms with Crippen molar-refractivity contribution in [2.24, 2.45) is 0 Å². The number of anilines is 1. The zero-order valence-corrected chi connectivity index (χ0v) is 15.0. The van der Waals surface area contributed by atoms with Gasteiger partial charge >= 0.3 is 6.18 Å². The molecule has 3 rings (SSSR count). The van der Waals surface area contributed by atoms with Crippen LogP contribution in [-0.2, 0) is 12.6 Å². The first kappa shape index (κ1) is 21.4. The van der Waals surface area contributed by atoms with Crippen LogP contribution in [0.2, 0.25) is 0 Å². The minimum atomic E-state index is -4.61. The molecule has 0 atom stereocenters. The Kier molecular flexibility index (Phi) is 5.82. The van der Waals surface area contributed by atoms with Gasteiger partial charge in [0.15, 0.2) is 0 Å². The van der Waals surface area contributed by atoms with Crippen LogP contribution in [0.25, 0.3) is 0 Å². The largest absolute Gasteiger partial charge is 0.416 e. The quantitative estimate of drug-likeness (QED) is 0.501. The monoisotopic (exact) mass is 427 g/mol. The molecule has 0 radical (unpaired) electrons. The van der Waals surface area contributed by atoms with Gasteiger partial charge < -0.3 is 5.32 Å². The third-order valence-electron chi connectivity index (χ3n) is 4.25. The average Bonchev–Trinajstić information content (AvgIpc) is 2.62. The predicted octanol–water partition coefficient (Wildman–Crippen LogP) is 6.10. The molecule has 156 valence electrons. The van der Waals surface area contributed by atoms with Crippen LogP contribution in [0.1, 0.15) is 27.0 Å². The lowest BCUT2D eigenvalue weighted by molar-refractivity contribution is -0.138. The molecule has 0 aromatic heterocycles. The summed E-state index contributed by atoms with van der Waals surface area (Å²) in [7, 11) is 0. The second-order valence-electron chi connectivity index (χ2n) is 6.34. The Balaban J connectivity index is 1.83. The lowest BCUT2D eigenvalue weighted by Gasteiger charge is -2.13. The van der Waals surface area contributed by atoms with Crippen LogP contribution in [0, 0.1) is 23.3 Å². The van der Waals surface area contributed by atoms with Crippen LogP contribution in [0.3, 0.4) is 0 Å². The smallest absolute Gasteiger partial charge is 0.322 e. The summed E-state index contributed by atoms with van der Waals surface area (Å²) in [5.74, 6) is -6.29. The third kappa shape index (κ3) is 4.61. The summed E-state index contributed by atoms with van der Waals surface area (Å²) in [6, 6.07) is 8.48. The van der Waals surface area contributed by atoms with Crippen molar-refractivity contribution in [2.75, 3.05) is 5.32 Å². The highest BCUT2D eigenvalue weighted by molar-refractivity contribution is 6.04. The van der Waals surface area contributed by atoms with Gasteiger partial charge in [-0.2, -0.15) is 13.2 Å². The topological polar surface area (TPSA) is 29.1 Å². The molecule has 3 aromatic carbocycles. The maximum absolute atomic E-state index is 14.4. The zero-order chi connectivity index (χ0) is 22.1. The van der Waals surface area contributed by atoms with Crippen molar-refractivity contribution in [3.05, 3.63) is 100 Å². The highest BCUT2D eigenvalue weighted by Crippen LogP contribution is 2.33. The fourth-order valence-electron chi connectivity index (χ4n) is 2.88. The number of amides is 1. The van der Waals surface area contributed by atoms with Gasteiger partial charge in [-0.1, -0.05) is 24.3 Å². The summed E-state index contributed by atoms with van der Waals surface area (Å²) in [6.45, 7) is 0. The maximum atomic E-state index is 14.4. The first-order chi connectivity index (χ1) is 14.1. The summed E-state index contributed by atoms with van der Waals surface area (Å²) in [5, 5.41) is 2.07. The predicted molar refractivity (Wildman–Crippen MR) is 94.9 cm³/mol. The number of carbonyl (C=O) groups excluding carboxylic acids is 1. The number of carbonyl (C=O) groups is 1. The van der Waals surface area contributed by atoms with E-state index >= 15 is 0 Å². The van der Waals surface area contributed by atoms with E-state index in [4.69, 9.17) is 0 Å². The lowest BCUT2D eigenvalue weighted by atomic mass is 9.99. The number of halogens is 7. The minimum Gasteiger partial charge on any atom is -0.322 e. The van der Waals surface area contributed by atoms with E-state index in [1.54, 1.807) is 0 Å². The number of rotatable bonds is 4. The highest BCUT2D eigenvalue weighted by atomic mass is 19.4. The Labute approximate surface area is 166 Å². The van der Waals surface area contributed by atoms with Crippen molar-refractivity contribution in [3.8, 4) is 0 Å². The molecule has 2 nitrogen and oxygen atoms in total. The van der Waals surface area contributed by atoms with E-state index in [1.807, 2.05) is 0 Å². The average molecular weight is 427 g/mol. The number of nitrogens with one attached hydrogen (secondary N) is 1. The maximum Gasteiger partial charge on any atom is 0.416 e. The molecular weight excluding hydrogens is 415 g/mol. The summed E-state index contributed by atoms with van der Waals surface area (Å²) >= 11 is 0. The van der Waals surface area contributed by atoms with Gasteiger partial charge in [-0.3, -0.25) is 4.79 Å². The summed E-state index contributed by atoms with van der Waals surface area (Å²) < 4.78 is 94.0. The van der Waals surface area contributed by atoms with E-state index in [-0.39, 0.29) is 23.2 Å². The van der Waals surface area contributed by atoms with Crippen molar-refractivity contribution in [1.29, 1.82) is 0 Å². The molecule has 0 bridgehead atoms. The van der Waals surface area contributed by atoms with Gasteiger partial charge in [0.1, 0.15) is 28.8 Å². The van der Waals surface area contributed by atoms with E-state index in [2.05, 4.69) is 5.32 Å². The van der Waals surface area contributed by atoms with E-state index < -0.39 is 46.5 Å². The van der Waals surface area contributed by atoms with Gasteiger partial charge in [-0.15, -0.1) is 0 Å². The van der Waals surface area contributed by atoms with Gasteiger partial charge in [-0.25, -0.2) is 17.6 Å². The molecule has 0 aliphatic carbocycles. The Morgan fingerprint density at radius 1 is 0.800 bits per heavy atom. The Hall–Kier alpha value is -3.36. The van der Waals surface area contributed by atoms with E-state index in [9.17, 15) is 35.5 Å². The summed E-state index contributed by atoms with van der Waals surface area (Å²) in [4.78, 5) is 12.0. The molecular formula is C21H12F7NO. The van der Waals surface area contributed by atoms with Crippen LogP contribution < -0.4 is 5.32 Å². The van der Waals surface area contributed by atoms with Crippen LogP contribution >= 0.6 is 0 Å². The molecule has 0 saturated carbocycles. The van der Waals surface area contributed by atoms with Gasteiger partial charge in [0, 0.05) is 24.2 Å². The third-order valence-corrected chi connectivity index (χ3v) is 4.25. The minimum absolute atomic E-state index is 0.0798. The normalized spacial score (nSPS) is 11.4. The molecule has 0 aliphatic heterocycles. The van der Waals surface area contributed by atoms with Crippen molar-refractivity contribution in [3.63, 3.8) is 0 Å². The summed E-state index contributed by atoms with van der Waals surface area (Å²) in [6.07, 6.45) is -4.97. The van der Waals surface area contributed by atoms with Crippen molar-refractivity contribution >= 4 is 11.6 Å². The standard InChI is InChI=1S/C21H12F7NO/c22-13-8-17(24)19(18(25)9-13)20(30)29-14-6-5-12(16(23)10-14)7-11-3-1-2-4-15(11)21(26,27)28/h1-6,8-10H,7H2,(H,29,30). The molecule has 0 unspecified atom stereocenters. The van der Waals surface area contributed by atoms with E-state index in [1.165, 1.54) is 24.3 Å². The molecule has 0 heterocycles. The fourth-order valence-corrected chi connectivity index (χ4v) is 2.88. The van der Waals surface area contributed by atoms with E-state index in [0.29, 0.717) is 12.1 Å². The second kappa shape index (κ2) is 8.17. The Morgan fingerprint density at radius 2 is 1.43 bits per heavy atom. The Bertz CT molecular complexity index is 1090. The van der Waals surface area contributed by atoms with Crippen molar-refractivity contribution in [2.45, 2.75) is 12.6 Å². The lowest BCUT2D eigenvalue weighted by Crippen LogP contribution is -2.16. The van der Waals surface area contributed by atoms with Crippen molar-refractivity contribution in [1.82, 2.24) is 0 Å². The van der Waals surface area contributed by atoms with Gasteiger partial charge in [-0.05, 0) is 29.3 Å². The molecule has 1 amide bonds. The number of hydrogen-bond acceptors (Lipinski definition) is 1. The number of alkyl halides is 3. The second-order valence-corrected chi connectivity index (χ2v) is 6.34. The molecule has 30 heavy (non-hydrogen) atoms. The van der Waals surface area contributed by atoms with Gasteiger partial charge in [0.2, 0.25) is 0 Å². The van der Waals surface area contributed by atoms with Crippen LogP contribution in [-0.4, -0.2) is 5.91 Å². The van der Waals surface area contributed by atoms with Crippen LogP contribution in [0.15, 0.2) is 54.6 Å². The Morgan fingerprint density at radius 3 is 2.03 bits per heavy atom. The molecule has 0 saturated heterocycles. The molecule has 3 aromatic rings. The first-order valence-corrected chi connectivity index (χ1v) is 8.45. The molecule has 0 aliphatic rings. The molecule has 1 N–H and O–H groups in total.